The summed E-state index contributed by atoms with van der Waals surface area (Å²) in [5.74, 6) is 0.915. The minimum atomic E-state index is 0.0652. The quantitative estimate of drug-likeness (QED) is 0.707. The van der Waals surface area contributed by atoms with Crippen LogP contribution < -0.4 is 4.90 Å². The SMILES string of the molecule is CC1(C)CN(c2ccc(-c3ncc(-c4cn[nH]c4)cc3O)nn2)CC2(COC2)C1. The number of pyridine rings is 1. The maximum absolute atomic E-state index is 10.5. The average molecular weight is 392 g/mol. The first kappa shape index (κ1) is 18.1. The van der Waals surface area contributed by atoms with Crippen molar-refractivity contribution in [3.8, 4) is 28.3 Å². The Bertz CT molecular complexity index is 1010. The maximum atomic E-state index is 10.5. The van der Waals surface area contributed by atoms with E-state index in [0.717, 1.165) is 43.2 Å². The van der Waals surface area contributed by atoms with Gasteiger partial charge in [-0.25, -0.2) is 4.98 Å². The smallest absolute Gasteiger partial charge is 0.151 e. The fraction of sp³-hybridized carbons (Fsp3) is 0.429. The van der Waals surface area contributed by atoms with E-state index in [1.54, 1.807) is 24.7 Å². The summed E-state index contributed by atoms with van der Waals surface area (Å²) in [6, 6.07) is 5.49. The highest BCUT2D eigenvalue weighted by Gasteiger charge is 2.48. The number of rotatable bonds is 3. The van der Waals surface area contributed by atoms with Crippen LogP contribution in [-0.2, 0) is 4.74 Å². The van der Waals surface area contributed by atoms with E-state index in [1.165, 1.54) is 6.42 Å². The summed E-state index contributed by atoms with van der Waals surface area (Å²) in [6.45, 7) is 8.10. The van der Waals surface area contributed by atoms with Crippen molar-refractivity contribution in [1.82, 2.24) is 25.4 Å². The molecule has 0 aromatic carbocycles. The molecular weight excluding hydrogens is 368 g/mol. The number of aromatic amines is 1. The first-order valence-corrected chi connectivity index (χ1v) is 9.78. The van der Waals surface area contributed by atoms with Crippen LogP contribution in [0.2, 0.25) is 0 Å². The molecule has 8 nitrogen and oxygen atoms in total. The van der Waals surface area contributed by atoms with Crippen LogP contribution in [0, 0.1) is 10.8 Å². The molecule has 0 saturated carbocycles. The molecule has 29 heavy (non-hydrogen) atoms. The molecule has 3 aromatic heterocycles. The lowest BCUT2D eigenvalue weighted by Gasteiger charge is -2.54. The Morgan fingerprint density at radius 3 is 2.59 bits per heavy atom. The third-order valence-electron chi connectivity index (χ3n) is 5.73. The van der Waals surface area contributed by atoms with Crippen LogP contribution in [0.3, 0.4) is 0 Å². The predicted molar refractivity (Wildman–Crippen MR) is 108 cm³/mol. The van der Waals surface area contributed by atoms with E-state index in [0.29, 0.717) is 11.4 Å². The number of ether oxygens (including phenoxy) is 1. The molecule has 1 spiro atoms. The summed E-state index contributed by atoms with van der Waals surface area (Å²) in [7, 11) is 0. The molecule has 0 aliphatic carbocycles. The molecular formula is C21H24N6O2. The van der Waals surface area contributed by atoms with Crippen molar-refractivity contribution in [2.24, 2.45) is 10.8 Å². The van der Waals surface area contributed by atoms with Gasteiger partial charge in [0.2, 0.25) is 0 Å². The van der Waals surface area contributed by atoms with Gasteiger partial charge in [0.15, 0.2) is 5.82 Å². The van der Waals surface area contributed by atoms with Crippen molar-refractivity contribution in [2.75, 3.05) is 31.2 Å². The van der Waals surface area contributed by atoms with Crippen molar-refractivity contribution in [2.45, 2.75) is 20.3 Å². The molecule has 5 heterocycles. The Hall–Kier alpha value is -3.00. The lowest BCUT2D eigenvalue weighted by atomic mass is 9.68. The molecule has 0 radical (unpaired) electrons. The van der Waals surface area contributed by atoms with Gasteiger partial charge in [0.25, 0.3) is 0 Å². The molecule has 150 valence electrons. The summed E-state index contributed by atoms with van der Waals surface area (Å²) in [5.41, 5.74) is 3.04. The van der Waals surface area contributed by atoms with E-state index >= 15 is 0 Å². The molecule has 2 aliphatic heterocycles. The van der Waals surface area contributed by atoms with Crippen molar-refractivity contribution in [3.63, 3.8) is 0 Å². The Kier molecular flexibility index (Phi) is 4.06. The van der Waals surface area contributed by atoms with Crippen LogP contribution in [0.25, 0.3) is 22.5 Å². The van der Waals surface area contributed by atoms with Gasteiger partial charge in [0.1, 0.15) is 17.1 Å². The lowest BCUT2D eigenvalue weighted by molar-refractivity contribution is -0.135. The standard InChI is InChI=1S/C21H24N6O2/c1-20(2)9-21(12-29-13-21)11-27(10-20)18-4-3-16(25-26-18)19-17(28)5-14(6-22-19)15-7-23-24-8-15/h3-8,28H,9-13H2,1-2H3,(H,23,24). The topological polar surface area (TPSA) is 100 Å². The molecule has 0 atom stereocenters. The lowest BCUT2D eigenvalue weighted by Crippen LogP contribution is -2.59. The van der Waals surface area contributed by atoms with Crippen LogP contribution in [0.15, 0.2) is 36.8 Å². The molecule has 2 N–H and O–H groups in total. The number of hydrogen-bond donors (Lipinski definition) is 2. The molecule has 2 fully saturated rings. The Labute approximate surface area is 169 Å². The summed E-state index contributed by atoms with van der Waals surface area (Å²) < 4.78 is 5.51. The van der Waals surface area contributed by atoms with Gasteiger partial charge < -0.3 is 14.7 Å². The number of aromatic hydroxyl groups is 1. The van der Waals surface area contributed by atoms with Crippen molar-refractivity contribution in [1.29, 1.82) is 0 Å². The molecule has 5 rings (SSSR count). The van der Waals surface area contributed by atoms with Crippen molar-refractivity contribution >= 4 is 5.82 Å². The normalized spacial score (nSPS) is 19.9. The van der Waals surface area contributed by atoms with E-state index in [1.807, 2.05) is 12.1 Å². The van der Waals surface area contributed by atoms with Crippen molar-refractivity contribution in [3.05, 3.63) is 36.8 Å². The molecule has 0 bridgehead atoms. The van der Waals surface area contributed by atoms with Gasteiger partial charge in [-0.2, -0.15) is 5.10 Å². The third-order valence-corrected chi connectivity index (χ3v) is 5.73. The minimum Gasteiger partial charge on any atom is -0.506 e. The van der Waals surface area contributed by atoms with E-state index < -0.39 is 0 Å². The minimum absolute atomic E-state index is 0.0652. The van der Waals surface area contributed by atoms with E-state index in [4.69, 9.17) is 4.74 Å². The fourth-order valence-electron chi connectivity index (χ4n) is 4.69. The van der Waals surface area contributed by atoms with Gasteiger partial charge in [-0.1, -0.05) is 13.8 Å². The zero-order chi connectivity index (χ0) is 20.1. The van der Waals surface area contributed by atoms with Gasteiger partial charge >= 0.3 is 0 Å². The molecule has 0 amide bonds. The zero-order valence-corrected chi connectivity index (χ0v) is 16.6. The Morgan fingerprint density at radius 1 is 1.10 bits per heavy atom. The number of H-pyrrole nitrogens is 1. The van der Waals surface area contributed by atoms with Crippen LogP contribution in [0.4, 0.5) is 5.82 Å². The Morgan fingerprint density at radius 2 is 1.97 bits per heavy atom. The first-order chi connectivity index (χ1) is 13.9. The number of anilines is 1. The van der Waals surface area contributed by atoms with Crippen LogP contribution in [0.5, 0.6) is 5.75 Å². The van der Waals surface area contributed by atoms with Crippen molar-refractivity contribution < 1.29 is 9.84 Å². The average Bonchev–Trinajstić information content (AvgIpc) is 3.20. The number of aromatic nitrogens is 5. The van der Waals surface area contributed by atoms with E-state index in [2.05, 4.69) is 44.1 Å². The summed E-state index contributed by atoms with van der Waals surface area (Å²) in [4.78, 5) is 6.69. The Balaban J connectivity index is 1.39. The second-order valence-corrected chi connectivity index (χ2v) is 9.05. The highest BCUT2D eigenvalue weighted by Crippen LogP contribution is 2.45. The molecule has 2 aliphatic rings. The van der Waals surface area contributed by atoms with Gasteiger partial charge in [-0.3, -0.25) is 5.10 Å². The zero-order valence-electron chi connectivity index (χ0n) is 16.6. The summed E-state index contributed by atoms with van der Waals surface area (Å²) in [5, 5.41) is 25.9. The molecule has 3 aromatic rings. The van der Waals surface area contributed by atoms with E-state index in [9.17, 15) is 5.11 Å². The molecule has 8 heteroatoms. The van der Waals surface area contributed by atoms with Gasteiger partial charge in [0, 0.05) is 42.0 Å². The largest absolute Gasteiger partial charge is 0.506 e. The maximum Gasteiger partial charge on any atom is 0.151 e. The van der Waals surface area contributed by atoms with Crippen LogP contribution >= 0.6 is 0 Å². The van der Waals surface area contributed by atoms with Crippen LogP contribution in [-0.4, -0.2) is 56.8 Å². The monoisotopic (exact) mass is 392 g/mol. The first-order valence-electron chi connectivity index (χ1n) is 9.78. The fourth-order valence-corrected chi connectivity index (χ4v) is 4.69. The predicted octanol–water partition coefficient (Wildman–Crippen LogP) is 2.89. The second kappa shape index (κ2) is 6.52. The number of nitrogens with one attached hydrogen (secondary N) is 1. The number of nitrogens with zero attached hydrogens (tertiary/aromatic N) is 5. The highest BCUT2D eigenvalue weighted by molar-refractivity contribution is 5.69. The third kappa shape index (κ3) is 3.33. The molecule has 0 unspecified atom stereocenters. The summed E-state index contributed by atoms with van der Waals surface area (Å²) in [6.07, 6.45) is 6.31. The number of hydrogen-bond acceptors (Lipinski definition) is 7. The second-order valence-electron chi connectivity index (χ2n) is 9.05. The van der Waals surface area contributed by atoms with Gasteiger partial charge in [-0.15, -0.1) is 10.2 Å². The summed E-state index contributed by atoms with van der Waals surface area (Å²) >= 11 is 0. The van der Waals surface area contributed by atoms with Gasteiger partial charge in [0.05, 0.1) is 19.4 Å². The molecule has 2 saturated heterocycles. The van der Waals surface area contributed by atoms with Gasteiger partial charge in [-0.05, 0) is 30.0 Å². The van der Waals surface area contributed by atoms with Crippen LogP contribution in [0.1, 0.15) is 20.3 Å². The van der Waals surface area contributed by atoms with E-state index in [-0.39, 0.29) is 16.6 Å². The number of piperidine rings is 1. The highest BCUT2D eigenvalue weighted by atomic mass is 16.5.